The molecule has 2 N–H and O–H groups in total. The lowest BCUT2D eigenvalue weighted by atomic mass is 10.1. The van der Waals surface area contributed by atoms with E-state index >= 15 is 0 Å². The number of carbonyl (C=O) groups excluding carboxylic acids is 1. The molecule has 1 aromatic rings. The Labute approximate surface area is 114 Å². The smallest absolute Gasteiger partial charge is 0.249 e. The van der Waals surface area contributed by atoms with Crippen molar-refractivity contribution in [3.63, 3.8) is 0 Å². The maximum absolute atomic E-state index is 11.7. The zero-order valence-corrected chi connectivity index (χ0v) is 12.4. The first kappa shape index (κ1) is 15.5. The van der Waals surface area contributed by atoms with Crippen molar-refractivity contribution in [2.45, 2.75) is 53.0 Å². The predicted molar refractivity (Wildman–Crippen MR) is 75.0 cm³/mol. The average Bonchev–Trinajstić information content (AvgIpc) is 2.35. The zero-order chi connectivity index (χ0) is 14.5. The van der Waals surface area contributed by atoms with Crippen LogP contribution in [0.1, 0.15) is 46.0 Å². The second-order valence-electron chi connectivity index (χ2n) is 5.39. The van der Waals surface area contributed by atoms with Crippen LogP contribution < -0.4 is 10.6 Å². The number of hydrogen-bond acceptors (Lipinski definition) is 5. The summed E-state index contributed by atoms with van der Waals surface area (Å²) in [5.74, 6) is 0.109. The molecule has 1 heterocycles. The third kappa shape index (κ3) is 5.30. The molecule has 6 heteroatoms. The highest BCUT2D eigenvalue weighted by Gasteiger charge is 2.13. The van der Waals surface area contributed by atoms with Gasteiger partial charge in [-0.25, -0.2) is 4.98 Å². The van der Waals surface area contributed by atoms with Gasteiger partial charge in [0.1, 0.15) is 0 Å². The van der Waals surface area contributed by atoms with Crippen LogP contribution in [-0.2, 0) is 17.6 Å². The van der Waals surface area contributed by atoms with Crippen molar-refractivity contribution in [3.8, 4) is 0 Å². The fraction of sp³-hybridized carbons (Fsp3) is 0.692. The third-order valence-electron chi connectivity index (χ3n) is 2.54. The highest BCUT2D eigenvalue weighted by atomic mass is 16.2. The maximum atomic E-state index is 11.7. The van der Waals surface area contributed by atoms with E-state index < -0.39 is 0 Å². The number of hydrogen-bond donors (Lipinski definition) is 2. The van der Waals surface area contributed by atoms with E-state index in [1.807, 2.05) is 34.6 Å². The first-order valence-corrected chi connectivity index (χ1v) is 6.63. The Bertz CT molecular complexity index is 439. The molecular weight excluding hydrogens is 242 g/mol. The normalized spacial score (nSPS) is 11.4. The quantitative estimate of drug-likeness (QED) is 0.839. The van der Waals surface area contributed by atoms with Gasteiger partial charge in [0.05, 0.1) is 17.9 Å². The standard InChI is InChI=1S/C13H23N5O/c1-6-9-10(7-2)17-18-12(15-9)16-11(19)8-14-13(3,4)5/h14H,6-8H2,1-5H3,(H,15,16,18,19). The van der Waals surface area contributed by atoms with Crippen LogP contribution in [-0.4, -0.2) is 33.2 Å². The fourth-order valence-electron chi connectivity index (χ4n) is 1.51. The van der Waals surface area contributed by atoms with Gasteiger partial charge >= 0.3 is 0 Å². The molecular formula is C13H23N5O. The molecule has 1 aromatic heterocycles. The van der Waals surface area contributed by atoms with Crippen molar-refractivity contribution >= 4 is 11.9 Å². The Morgan fingerprint density at radius 2 is 1.74 bits per heavy atom. The first-order chi connectivity index (χ1) is 8.85. The van der Waals surface area contributed by atoms with E-state index in [9.17, 15) is 4.79 Å². The molecule has 0 radical (unpaired) electrons. The number of aryl methyl sites for hydroxylation is 2. The number of aromatic nitrogens is 3. The molecule has 0 aliphatic heterocycles. The maximum Gasteiger partial charge on any atom is 0.249 e. The van der Waals surface area contributed by atoms with E-state index in [1.54, 1.807) is 0 Å². The van der Waals surface area contributed by atoms with Crippen molar-refractivity contribution in [3.05, 3.63) is 11.4 Å². The summed E-state index contributed by atoms with van der Waals surface area (Å²) >= 11 is 0. The van der Waals surface area contributed by atoms with Crippen LogP contribution in [0.2, 0.25) is 0 Å². The van der Waals surface area contributed by atoms with Gasteiger partial charge in [-0.1, -0.05) is 13.8 Å². The van der Waals surface area contributed by atoms with Gasteiger partial charge < -0.3 is 5.32 Å². The Kier molecular flexibility index (Phi) is 5.35. The Balaban J connectivity index is 2.64. The van der Waals surface area contributed by atoms with Crippen LogP contribution in [0.15, 0.2) is 0 Å². The Morgan fingerprint density at radius 1 is 1.11 bits per heavy atom. The molecule has 0 atom stereocenters. The van der Waals surface area contributed by atoms with Crippen LogP contribution in [0.5, 0.6) is 0 Å². The van der Waals surface area contributed by atoms with Gasteiger partial charge in [0, 0.05) is 5.54 Å². The van der Waals surface area contributed by atoms with E-state index in [-0.39, 0.29) is 23.9 Å². The van der Waals surface area contributed by atoms with Crippen molar-refractivity contribution in [1.82, 2.24) is 20.5 Å². The number of carbonyl (C=O) groups is 1. The molecule has 0 aromatic carbocycles. The molecule has 0 saturated carbocycles. The van der Waals surface area contributed by atoms with Crippen LogP contribution >= 0.6 is 0 Å². The summed E-state index contributed by atoms with van der Waals surface area (Å²) in [4.78, 5) is 16.0. The third-order valence-corrected chi connectivity index (χ3v) is 2.54. The minimum absolute atomic E-state index is 0.100. The molecule has 0 saturated heterocycles. The number of rotatable bonds is 5. The van der Waals surface area contributed by atoms with Crippen molar-refractivity contribution in [2.75, 3.05) is 11.9 Å². The lowest BCUT2D eigenvalue weighted by molar-refractivity contribution is -0.115. The number of nitrogens with one attached hydrogen (secondary N) is 2. The molecule has 106 valence electrons. The van der Waals surface area contributed by atoms with E-state index in [0.717, 1.165) is 24.2 Å². The predicted octanol–water partition coefficient (Wildman–Crippen LogP) is 1.32. The fourth-order valence-corrected chi connectivity index (χ4v) is 1.51. The molecule has 0 aliphatic rings. The SMILES string of the molecule is CCc1nnc(NC(=O)CNC(C)(C)C)nc1CC. The number of nitrogens with zero attached hydrogens (tertiary/aromatic N) is 3. The Morgan fingerprint density at radius 3 is 2.26 bits per heavy atom. The summed E-state index contributed by atoms with van der Waals surface area (Å²) < 4.78 is 0. The molecule has 1 amide bonds. The molecule has 0 fully saturated rings. The van der Waals surface area contributed by atoms with Crippen molar-refractivity contribution < 1.29 is 4.79 Å². The summed E-state index contributed by atoms with van der Waals surface area (Å²) in [6.45, 7) is 10.3. The first-order valence-electron chi connectivity index (χ1n) is 6.63. The van der Waals surface area contributed by atoms with E-state index in [0.29, 0.717) is 0 Å². The van der Waals surface area contributed by atoms with Gasteiger partial charge in [-0.2, -0.15) is 0 Å². The summed E-state index contributed by atoms with van der Waals surface area (Å²) in [6.07, 6.45) is 1.57. The lowest BCUT2D eigenvalue weighted by Gasteiger charge is -2.19. The molecule has 0 spiro atoms. The van der Waals surface area contributed by atoms with E-state index in [4.69, 9.17) is 0 Å². The monoisotopic (exact) mass is 265 g/mol. The van der Waals surface area contributed by atoms with Crippen molar-refractivity contribution in [2.24, 2.45) is 0 Å². The molecule has 0 unspecified atom stereocenters. The van der Waals surface area contributed by atoms with Gasteiger partial charge in [0.15, 0.2) is 0 Å². The minimum Gasteiger partial charge on any atom is -0.304 e. The summed E-state index contributed by atoms with van der Waals surface area (Å²) in [6, 6.07) is 0. The summed E-state index contributed by atoms with van der Waals surface area (Å²) in [5.41, 5.74) is 1.67. The van der Waals surface area contributed by atoms with Crippen LogP contribution in [0.4, 0.5) is 5.95 Å². The second kappa shape index (κ2) is 6.56. The highest BCUT2D eigenvalue weighted by Crippen LogP contribution is 2.06. The van der Waals surface area contributed by atoms with Gasteiger partial charge in [-0.05, 0) is 33.6 Å². The molecule has 1 rings (SSSR count). The Hall–Kier alpha value is -1.56. The second-order valence-corrected chi connectivity index (χ2v) is 5.39. The van der Waals surface area contributed by atoms with Crippen LogP contribution in [0.25, 0.3) is 0 Å². The van der Waals surface area contributed by atoms with Gasteiger partial charge in [-0.3, -0.25) is 10.1 Å². The lowest BCUT2D eigenvalue weighted by Crippen LogP contribution is -2.41. The molecule has 0 bridgehead atoms. The summed E-state index contributed by atoms with van der Waals surface area (Å²) in [5, 5.41) is 13.8. The minimum atomic E-state index is -0.164. The summed E-state index contributed by atoms with van der Waals surface area (Å²) in [7, 11) is 0. The molecule has 19 heavy (non-hydrogen) atoms. The zero-order valence-electron chi connectivity index (χ0n) is 12.4. The van der Waals surface area contributed by atoms with Gasteiger partial charge in [0.2, 0.25) is 11.9 Å². The number of amides is 1. The topological polar surface area (TPSA) is 79.8 Å². The largest absolute Gasteiger partial charge is 0.304 e. The molecule has 6 nitrogen and oxygen atoms in total. The number of anilines is 1. The van der Waals surface area contributed by atoms with Crippen molar-refractivity contribution in [1.29, 1.82) is 0 Å². The highest BCUT2D eigenvalue weighted by molar-refractivity contribution is 5.90. The molecule has 0 aliphatic carbocycles. The van der Waals surface area contributed by atoms with Crippen LogP contribution in [0, 0.1) is 0 Å². The average molecular weight is 265 g/mol. The van der Waals surface area contributed by atoms with Gasteiger partial charge in [-0.15, -0.1) is 10.2 Å². The van der Waals surface area contributed by atoms with Crippen LogP contribution in [0.3, 0.4) is 0 Å². The van der Waals surface area contributed by atoms with E-state index in [1.165, 1.54) is 0 Å². The van der Waals surface area contributed by atoms with E-state index in [2.05, 4.69) is 25.8 Å². The van der Waals surface area contributed by atoms with Gasteiger partial charge in [0.25, 0.3) is 0 Å².